The van der Waals surface area contributed by atoms with E-state index in [4.69, 9.17) is 4.74 Å². The van der Waals surface area contributed by atoms with Crippen LogP contribution in [0, 0.1) is 11.8 Å². The molecule has 0 aliphatic heterocycles. The normalized spacial score (nSPS) is 23.3. The number of rotatable bonds is 4. The van der Waals surface area contributed by atoms with Crippen LogP contribution in [0.15, 0.2) is 0 Å². The van der Waals surface area contributed by atoms with Crippen LogP contribution >= 0.6 is 0 Å². The van der Waals surface area contributed by atoms with Crippen LogP contribution in [0.4, 0.5) is 4.79 Å². The molecule has 20 heavy (non-hydrogen) atoms. The van der Waals surface area contributed by atoms with Gasteiger partial charge in [-0.1, -0.05) is 58.3 Å². The second kappa shape index (κ2) is 7.90. The van der Waals surface area contributed by atoms with Crippen LogP contribution in [0.2, 0.25) is 0 Å². The van der Waals surface area contributed by atoms with Gasteiger partial charge in [-0.25, -0.2) is 4.79 Å². The zero-order chi connectivity index (χ0) is 14.4. The molecule has 0 N–H and O–H groups in total. The van der Waals surface area contributed by atoms with Gasteiger partial charge in [0.2, 0.25) is 0 Å². The first kappa shape index (κ1) is 15.7. The van der Waals surface area contributed by atoms with Gasteiger partial charge in [0.15, 0.2) is 0 Å². The SMILES string of the molecule is C[C@@H](COC(=O)N(C)C1CCCCC1)C1CCCCC1. The Morgan fingerprint density at radius 1 is 1.05 bits per heavy atom. The second-order valence-electron chi connectivity index (χ2n) is 6.86. The van der Waals surface area contributed by atoms with Gasteiger partial charge >= 0.3 is 6.09 Å². The fraction of sp³-hybridized carbons (Fsp3) is 0.941. The lowest BCUT2D eigenvalue weighted by molar-refractivity contribution is 0.0652. The van der Waals surface area contributed by atoms with Crippen molar-refractivity contribution in [3.05, 3.63) is 0 Å². The first-order valence-electron chi connectivity index (χ1n) is 8.58. The predicted molar refractivity (Wildman–Crippen MR) is 81.7 cm³/mol. The molecule has 0 aromatic carbocycles. The lowest BCUT2D eigenvalue weighted by Crippen LogP contribution is -2.39. The average Bonchev–Trinajstić information content (AvgIpc) is 2.53. The number of ether oxygens (including phenoxy) is 1. The van der Waals surface area contributed by atoms with Crippen molar-refractivity contribution < 1.29 is 9.53 Å². The molecule has 0 radical (unpaired) electrons. The molecule has 0 saturated heterocycles. The van der Waals surface area contributed by atoms with Crippen LogP contribution in [0.5, 0.6) is 0 Å². The second-order valence-corrected chi connectivity index (χ2v) is 6.86. The number of carbonyl (C=O) groups excluding carboxylic acids is 1. The standard InChI is InChI=1S/C17H31NO2/c1-14(15-9-5-3-6-10-15)13-20-17(19)18(2)16-11-7-4-8-12-16/h14-16H,3-13H2,1-2H3/t14-/m0/s1. The average molecular weight is 281 g/mol. The van der Waals surface area contributed by atoms with Crippen molar-refractivity contribution in [3.63, 3.8) is 0 Å². The third kappa shape index (κ3) is 4.39. The third-order valence-electron chi connectivity index (χ3n) is 5.33. The van der Waals surface area contributed by atoms with Crippen molar-refractivity contribution in [2.75, 3.05) is 13.7 Å². The number of hydrogen-bond donors (Lipinski definition) is 0. The van der Waals surface area contributed by atoms with E-state index in [1.807, 2.05) is 11.9 Å². The Morgan fingerprint density at radius 3 is 2.20 bits per heavy atom. The highest BCUT2D eigenvalue weighted by Gasteiger charge is 2.25. The molecule has 1 atom stereocenters. The maximum atomic E-state index is 12.1. The van der Waals surface area contributed by atoms with Gasteiger partial charge in [0, 0.05) is 13.1 Å². The molecule has 3 nitrogen and oxygen atoms in total. The van der Waals surface area contributed by atoms with Crippen molar-refractivity contribution in [1.29, 1.82) is 0 Å². The summed E-state index contributed by atoms with van der Waals surface area (Å²) >= 11 is 0. The quantitative estimate of drug-likeness (QED) is 0.753. The number of hydrogen-bond acceptors (Lipinski definition) is 2. The van der Waals surface area contributed by atoms with E-state index in [0.29, 0.717) is 18.6 Å². The number of carbonyl (C=O) groups is 1. The Kier molecular flexibility index (Phi) is 6.18. The first-order valence-corrected chi connectivity index (χ1v) is 8.58. The maximum absolute atomic E-state index is 12.1. The lowest BCUT2D eigenvalue weighted by Gasteiger charge is -2.32. The Hall–Kier alpha value is -0.730. The van der Waals surface area contributed by atoms with E-state index < -0.39 is 0 Å². The highest BCUT2D eigenvalue weighted by molar-refractivity contribution is 5.67. The summed E-state index contributed by atoms with van der Waals surface area (Å²) in [6, 6.07) is 0.404. The van der Waals surface area contributed by atoms with Crippen molar-refractivity contribution >= 4 is 6.09 Å². The summed E-state index contributed by atoms with van der Waals surface area (Å²) < 4.78 is 5.56. The molecule has 1 amide bonds. The Morgan fingerprint density at radius 2 is 1.60 bits per heavy atom. The van der Waals surface area contributed by atoms with Crippen LogP contribution in [0.25, 0.3) is 0 Å². The minimum Gasteiger partial charge on any atom is -0.449 e. The Balaban J connectivity index is 1.70. The summed E-state index contributed by atoms with van der Waals surface area (Å²) in [5.41, 5.74) is 0. The summed E-state index contributed by atoms with van der Waals surface area (Å²) in [7, 11) is 1.91. The zero-order valence-electron chi connectivity index (χ0n) is 13.3. The molecule has 2 fully saturated rings. The molecule has 2 aliphatic rings. The maximum Gasteiger partial charge on any atom is 0.409 e. The third-order valence-corrected chi connectivity index (χ3v) is 5.33. The van der Waals surface area contributed by atoms with Gasteiger partial charge < -0.3 is 9.64 Å². The van der Waals surface area contributed by atoms with Gasteiger partial charge in [0.05, 0.1) is 6.61 Å². The molecule has 3 heteroatoms. The van der Waals surface area contributed by atoms with Crippen LogP contribution in [-0.4, -0.2) is 30.7 Å². The largest absolute Gasteiger partial charge is 0.449 e. The van der Waals surface area contributed by atoms with Crippen molar-refractivity contribution in [1.82, 2.24) is 4.90 Å². The Labute approximate surface area is 124 Å². The van der Waals surface area contributed by atoms with Gasteiger partial charge in [0.25, 0.3) is 0 Å². The molecule has 0 aromatic rings. The molecule has 0 heterocycles. The smallest absolute Gasteiger partial charge is 0.409 e. The molecular formula is C17H31NO2. The van der Waals surface area contributed by atoms with E-state index in [2.05, 4.69) is 6.92 Å². The van der Waals surface area contributed by atoms with E-state index in [-0.39, 0.29) is 6.09 Å². The molecule has 2 saturated carbocycles. The van der Waals surface area contributed by atoms with Gasteiger partial charge in [-0.15, -0.1) is 0 Å². The Bertz CT molecular complexity index is 293. The number of amides is 1. The van der Waals surface area contributed by atoms with Gasteiger partial charge in [-0.2, -0.15) is 0 Å². The van der Waals surface area contributed by atoms with Crippen molar-refractivity contribution in [2.24, 2.45) is 11.8 Å². The molecule has 0 bridgehead atoms. The van der Waals surface area contributed by atoms with E-state index in [1.165, 1.54) is 51.4 Å². The molecule has 0 aromatic heterocycles. The monoisotopic (exact) mass is 281 g/mol. The molecule has 116 valence electrons. The molecule has 0 spiro atoms. The minimum atomic E-state index is -0.112. The molecule has 0 unspecified atom stereocenters. The summed E-state index contributed by atoms with van der Waals surface area (Å²) in [5.74, 6) is 1.27. The summed E-state index contributed by atoms with van der Waals surface area (Å²) in [5, 5.41) is 0. The number of nitrogens with zero attached hydrogens (tertiary/aromatic N) is 1. The fourth-order valence-electron chi connectivity index (χ4n) is 3.76. The van der Waals surface area contributed by atoms with E-state index >= 15 is 0 Å². The summed E-state index contributed by atoms with van der Waals surface area (Å²) in [6.07, 6.45) is 12.7. The zero-order valence-corrected chi connectivity index (χ0v) is 13.3. The molecule has 2 aliphatic carbocycles. The van der Waals surface area contributed by atoms with Crippen LogP contribution in [0.1, 0.15) is 71.1 Å². The molecular weight excluding hydrogens is 250 g/mol. The fourth-order valence-corrected chi connectivity index (χ4v) is 3.76. The molecule has 2 rings (SSSR count). The predicted octanol–water partition coefficient (Wildman–Crippen LogP) is 4.60. The van der Waals surface area contributed by atoms with Crippen LogP contribution in [0.3, 0.4) is 0 Å². The topological polar surface area (TPSA) is 29.5 Å². The van der Waals surface area contributed by atoms with Crippen molar-refractivity contribution in [3.8, 4) is 0 Å². The highest BCUT2D eigenvalue weighted by Crippen LogP contribution is 2.30. The minimum absolute atomic E-state index is 0.112. The van der Waals surface area contributed by atoms with Crippen molar-refractivity contribution in [2.45, 2.75) is 77.2 Å². The highest BCUT2D eigenvalue weighted by atomic mass is 16.6. The van der Waals surface area contributed by atoms with Gasteiger partial charge in [-0.05, 0) is 24.7 Å². The van der Waals surface area contributed by atoms with Crippen LogP contribution < -0.4 is 0 Å². The van der Waals surface area contributed by atoms with Gasteiger partial charge in [-0.3, -0.25) is 0 Å². The van der Waals surface area contributed by atoms with Crippen LogP contribution in [-0.2, 0) is 4.74 Å². The lowest BCUT2D eigenvalue weighted by atomic mass is 9.81. The van der Waals surface area contributed by atoms with E-state index in [0.717, 1.165) is 18.8 Å². The van der Waals surface area contributed by atoms with Gasteiger partial charge in [0.1, 0.15) is 0 Å². The van der Waals surface area contributed by atoms with E-state index in [9.17, 15) is 4.79 Å². The summed E-state index contributed by atoms with van der Waals surface area (Å²) in [4.78, 5) is 14.0. The first-order chi connectivity index (χ1) is 9.68. The van der Waals surface area contributed by atoms with E-state index in [1.54, 1.807) is 0 Å². The summed E-state index contributed by atoms with van der Waals surface area (Å²) in [6.45, 7) is 2.84.